The average Bonchev–Trinajstić information content (AvgIpc) is 2.59. The number of nitrogens with one attached hydrogen (secondary N) is 1. The molecule has 0 aliphatic heterocycles. The largest absolute Gasteiger partial charge is 0.495 e. The predicted molar refractivity (Wildman–Crippen MR) is 92.7 cm³/mol. The zero-order valence-electron chi connectivity index (χ0n) is 13.9. The van der Waals surface area contributed by atoms with Crippen molar-refractivity contribution in [1.82, 2.24) is 5.43 Å². The molecule has 140 valence electrons. The Morgan fingerprint density at radius 1 is 1.04 bits per heavy atom. The van der Waals surface area contributed by atoms with E-state index in [4.69, 9.17) is 15.7 Å². The molecule has 0 spiro atoms. The van der Waals surface area contributed by atoms with Crippen LogP contribution in [0.25, 0.3) is 0 Å². The summed E-state index contributed by atoms with van der Waals surface area (Å²) in [4.78, 5) is 10.8. The van der Waals surface area contributed by atoms with Crippen molar-refractivity contribution >= 4 is 25.8 Å². The zero-order chi connectivity index (χ0) is 19.7. The maximum atomic E-state index is 13.0. The number of rotatable bonds is 5. The highest BCUT2D eigenvalue weighted by atomic mass is 32.2. The van der Waals surface area contributed by atoms with Gasteiger partial charge in [0, 0.05) is 0 Å². The molecule has 2 aromatic carbocycles. The number of ether oxygens (including phenoxy) is 1. The van der Waals surface area contributed by atoms with Gasteiger partial charge in [-0.15, -0.1) is 0 Å². The first kappa shape index (κ1) is 19.8. The number of hydrogen-bond acceptors (Lipinski definition) is 7. The van der Waals surface area contributed by atoms with Crippen LogP contribution in [0.3, 0.4) is 0 Å². The van der Waals surface area contributed by atoms with Crippen molar-refractivity contribution in [2.75, 3.05) is 7.11 Å². The number of benzene rings is 2. The van der Waals surface area contributed by atoms with Crippen molar-refractivity contribution in [2.24, 2.45) is 11.0 Å². The first-order chi connectivity index (χ1) is 12.0. The molecule has 0 aromatic heterocycles. The van der Waals surface area contributed by atoms with Gasteiger partial charge in [-0.1, -0.05) is 17.7 Å². The number of nitrogens with two attached hydrogens (primary N) is 2. The first-order valence-corrected chi connectivity index (χ1v) is 10.1. The van der Waals surface area contributed by atoms with Crippen LogP contribution in [0, 0.1) is 6.92 Å². The van der Waals surface area contributed by atoms with Gasteiger partial charge in [0.15, 0.2) is 5.75 Å². The van der Waals surface area contributed by atoms with E-state index in [1.165, 1.54) is 12.1 Å². The Kier molecular flexibility index (Phi) is 5.37. The second-order valence-electron chi connectivity index (χ2n) is 5.34. The highest BCUT2D eigenvalue weighted by molar-refractivity contribution is 7.91. The third-order valence-electron chi connectivity index (χ3n) is 3.56. The molecule has 0 saturated heterocycles. The number of sulfone groups is 1. The number of sulfonamides is 1. The Morgan fingerprint density at radius 3 is 2.08 bits per heavy atom. The van der Waals surface area contributed by atoms with E-state index in [1.807, 2.05) is 5.43 Å². The molecule has 0 bridgehead atoms. The number of hydrogen-bond donors (Lipinski definition) is 3. The third kappa shape index (κ3) is 3.70. The molecular formula is C15H17N3O6S2. The van der Waals surface area contributed by atoms with Crippen molar-refractivity contribution in [2.45, 2.75) is 21.6 Å². The molecule has 26 heavy (non-hydrogen) atoms. The molecule has 5 N–H and O–H groups in total. The number of carbonyl (C=O) groups is 1. The van der Waals surface area contributed by atoms with Gasteiger partial charge in [-0.3, -0.25) is 10.2 Å². The normalized spacial score (nSPS) is 11.8. The molecule has 11 heteroatoms. The Morgan fingerprint density at radius 2 is 1.62 bits per heavy atom. The lowest BCUT2D eigenvalue weighted by Crippen LogP contribution is -2.31. The van der Waals surface area contributed by atoms with Crippen LogP contribution in [0.2, 0.25) is 0 Å². The van der Waals surface area contributed by atoms with Crippen molar-refractivity contribution < 1.29 is 26.4 Å². The van der Waals surface area contributed by atoms with E-state index in [1.54, 1.807) is 19.1 Å². The van der Waals surface area contributed by atoms with Crippen LogP contribution in [-0.2, 0) is 19.9 Å². The van der Waals surface area contributed by atoms with Crippen molar-refractivity contribution in [3.05, 3.63) is 47.5 Å². The molecule has 2 aromatic rings. The summed E-state index contributed by atoms with van der Waals surface area (Å²) in [6.45, 7) is 1.78. The van der Waals surface area contributed by atoms with Crippen LogP contribution in [0.1, 0.15) is 15.9 Å². The maximum absolute atomic E-state index is 13.0. The maximum Gasteiger partial charge on any atom is 0.269 e. The molecule has 1 amide bonds. The van der Waals surface area contributed by atoms with Crippen LogP contribution in [0.15, 0.2) is 51.1 Å². The van der Waals surface area contributed by atoms with Gasteiger partial charge in [0.1, 0.15) is 4.90 Å². The van der Waals surface area contributed by atoms with Gasteiger partial charge in [0.25, 0.3) is 5.91 Å². The molecule has 2 rings (SSSR count). The molecule has 0 radical (unpaired) electrons. The van der Waals surface area contributed by atoms with Crippen LogP contribution < -0.4 is 21.1 Å². The van der Waals surface area contributed by atoms with Crippen molar-refractivity contribution in [3.63, 3.8) is 0 Å². The summed E-state index contributed by atoms with van der Waals surface area (Å²) < 4.78 is 54.5. The van der Waals surface area contributed by atoms with Gasteiger partial charge in [-0.2, -0.15) is 0 Å². The molecule has 0 heterocycles. The molecule has 0 unspecified atom stereocenters. The molecule has 9 nitrogen and oxygen atoms in total. The molecule has 0 aliphatic carbocycles. The van der Waals surface area contributed by atoms with Gasteiger partial charge in [-0.05, 0) is 31.2 Å². The summed E-state index contributed by atoms with van der Waals surface area (Å²) in [5, 5.41) is 5.10. The highest BCUT2D eigenvalue weighted by Gasteiger charge is 2.29. The third-order valence-corrected chi connectivity index (χ3v) is 6.23. The van der Waals surface area contributed by atoms with Crippen LogP contribution in [0.5, 0.6) is 5.75 Å². The molecule has 0 atom stereocenters. The van der Waals surface area contributed by atoms with Crippen LogP contribution >= 0.6 is 0 Å². The highest BCUT2D eigenvalue weighted by Crippen LogP contribution is 2.35. The van der Waals surface area contributed by atoms with Gasteiger partial charge in [-0.25, -0.2) is 27.8 Å². The van der Waals surface area contributed by atoms with E-state index in [-0.39, 0.29) is 16.2 Å². The van der Waals surface area contributed by atoms with E-state index in [0.717, 1.165) is 24.8 Å². The molecular weight excluding hydrogens is 382 g/mol. The summed E-state index contributed by atoms with van der Waals surface area (Å²) in [5.41, 5.74) is 2.26. The molecule has 0 aliphatic rings. The summed E-state index contributed by atoms with van der Waals surface area (Å²) in [6, 6.07) is 7.61. The van der Waals surface area contributed by atoms with Crippen LogP contribution in [-0.4, -0.2) is 29.9 Å². The smallest absolute Gasteiger partial charge is 0.269 e. The second-order valence-corrected chi connectivity index (χ2v) is 8.82. The number of primary sulfonamides is 1. The fourth-order valence-electron chi connectivity index (χ4n) is 2.24. The number of carbonyl (C=O) groups excluding carboxylic acids is 1. The molecule has 0 fully saturated rings. The van der Waals surface area contributed by atoms with Gasteiger partial charge < -0.3 is 4.74 Å². The number of aryl methyl sites for hydroxylation is 1. The number of nitrogen functional groups attached to an aromatic ring is 1. The number of methoxy groups -OCH3 is 1. The van der Waals surface area contributed by atoms with Gasteiger partial charge >= 0.3 is 0 Å². The minimum Gasteiger partial charge on any atom is -0.495 e. The summed E-state index contributed by atoms with van der Waals surface area (Å²) in [5.74, 6) is 3.80. The monoisotopic (exact) mass is 399 g/mol. The number of amides is 1. The van der Waals surface area contributed by atoms with Crippen molar-refractivity contribution in [3.8, 4) is 5.75 Å². The Labute approximate surface area is 150 Å². The Hall–Kier alpha value is -2.47. The molecule has 0 saturated carbocycles. The number of hydrazine groups is 1. The lowest BCUT2D eigenvalue weighted by Gasteiger charge is -2.15. The Balaban J connectivity index is 2.89. The second kappa shape index (κ2) is 7.03. The van der Waals surface area contributed by atoms with Gasteiger partial charge in [0.2, 0.25) is 19.9 Å². The fourth-order valence-corrected chi connectivity index (χ4v) is 4.35. The first-order valence-electron chi connectivity index (χ1n) is 7.10. The lowest BCUT2D eigenvalue weighted by molar-refractivity contribution is 0.0950. The minimum absolute atomic E-state index is 0.105. The topological polar surface area (TPSA) is 159 Å². The van der Waals surface area contributed by atoms with Crippen LogP contribution in [0.4, 0.5) is 0 Å². The van der Waals surface area contributed by atoms with E-state index in [0.29, 0.717) is 0 Å². The van der Waals surface area contributed by atoms with E-state index < -0.39 is 35.6 Å². The van der Waals surface area contributed by atoms with E-state index >= 15 is 0 Å². The summed E-state index contributed by atoms with van der Waals surface area (Å²) in [7, 11) is -7.37. The lowest BCUT2D eigenvalue weighted by atomic mass is 10.2. The zero-order valence-corrected chi connectivity index (χ0v) is 15.5. The SMILES string of the molecule is COc1c(C(=O)NN)cc(S(N)(=O)=O)cc1S(=O)(=O)c1ccc(C)cc1. The predicted octanol–water partition coefficient (Wildman–Crippen LogP) is 0.0873. The Bertz CT molecular complexity index is 1060. The standard InChI is InChI=1S/C15H17N3O6S2/c1-9-3-5-10(6-4-9)25(20,21)13-8-11(26(17,22)23)7-12(14(13)24-2)15(19)18-16/h3-8H,16H2,1-2H3,(H,18,19)(H2,17,22,23). The van der Waals surface area contributed by atoms with Gasteiger partial charge in [0.05, 0.1) is 22.5 Å². The average molecular weight is 399 g/mol. The summed E-state index contributed by atoms with van der Waals surface area (Å²) >= 11 is 0. The quantitative estimate of drug-likeness (QED) is 0.365. The van der Waals surface area contributed by atoms with Crippen molar-refractivity contribution in [1.29, 1.82) is 0 Å². The summed E-state index contributed by atoms with van der Waals surface area (Å²) in [6.07, 6.45) is 0. The minimum atomic E-state index is -4.30. The van der Waals surface area contributed by atoms with E-state index in [2.05, 4.69) is 0 Å². The fraction of sp³-hybridized carbons (Fsp3) is 0.133. The van der Waals surface area contributed by atoms with E-state index in [9.17, 15) is 21.6 Å².